The fraction of sp³-hybridized carbons (Fsp3) is 0.389. The Morgan fingerprint density at radius 2 is 0.809 bits per heavy atom. The summed E-state index contributed by atoms with van der Waals surface area (Å²) in [6.07, 6.45) is 4.01. The van der Waals surface area contributed by atoms with Crippen molar-refractivity contribution in [3.05, 3.63) is 75.9 Å². The summed E-state index contributed by atoms with van der Waals surface area (Å²) in [6, 6.07) is 12.7. The molecule has 0 N–H and O–H groups in total. The molecule has 1 atom stereocenters. The van der Waals surface area contributed by atoms with E-state index in [9.17, 15) is 0 Å². The van der Waals surface area contributed by atoms with Gasteiger partial charge in [-0.25, -0.2) is 5.57 Å². The topological polar surface area (TPSA) is 55.4 Å². The van der Waals surface area contributed by atoms with Gasteiger partial charge in [0.1, 0.15) is 0 Å². The van der Waals surface area contributed by atoms with Gasteiger partial charge in [-0.1, -0.05) is 44.0 Å². The van der Waals surface area contributed by atoms with Gasteiger partial charge in [0.05, 0.1) is 42.7 Å². The van der Waals surface area contributed by atoms with Crippen LogP contribution in [0.5, 0.6) is 34.5 Å². The van der Waals surface area contributed by atoms with Crippen molar-refractivity contribution in [1.82, 2.24) is 0 Å². The number of hydrogen-bond donors (Lipinski definition) is 0. The normalized spacial score (nSPS) is 15.2. The molecule has 6 nitrogen and oxygen atoms in total. The first-order chi connectivity index (χ1) is 20.4. The minimum Gasteiger partial charge on any atom is -1.00 e. The maximum atomic E-state index is 6.30. The van der Waals surface area contributed by atoms with Crippen molar-refractivity contribution in [2.24, 2.45) is 0 Å². The maximum Gasteiger partial charge on any atom is 4.00 e. The number of halogens is 3. The Morgan fingerprint density at radius 3 is 1.02 bits per heavy atom. The van der Waals surface area contributed by atoms with Gasteiger partial charge in [0.15, 0.2) is 42.6 Å². The van der Waals surface area contributed by atoms with Gasteiger partial charge in [0, 0.05) is 0 Å². The fourth-order valence-corrected chi connectivity index (χ4v) is 13.6. The van der Waals surface area contributed by atoms with Crippen molar-refractivity contribution in [3.63, 3.8) is 0 Å². The van der Waals surface area contributed by atoms with Crippen LogP contribution >= 0.6 is 0 Å². The zero-order chi connectivity index (χ0) is 31.9. The third-order valence-electron chi connectivity index (χ3n) is 9.14. The average molecular weight is 756 g/mol. The molecule has 11 heteroatoms. The molecule has 0 heterocycles. The van der Waals surface area contributed by atoms with E-state index in [2.05, 4.69) is 72.7 Å². The van der Waals surface area contributed by atoms with Crippen molar-refractivity contribution in [2.75, 3.05) is 42.7 Å². The van der Waals surface area contributed by atoms with Crippen LogP contribution in [0.15, 0.2) is 53.1 Å². The molecule has 1 unspecified atom stereocenters. The molecule has 0 saturated heterocycles. The summed E-state index contributed by atoms with van der Waals surface area (Å²) >= 11 is 0. The number of hydrogen-bond acceptors (Lipinski definition) is 6. The van der Waals surface area contributed by atoms with Gasteiger partial charge < -0.3 is 65.6 Å². The van der Waals surface area contributed by atoms with Crippen molar-refractivity contribution in [3.8, 4) is 34.5 Å². The molecule has 254 valence electrons. The van der Waals surface area contributed by atoms with Gasteiger partial charge in [-0.2, -0.15) is 11.1 Å². The van der Waals surface area contributed by atoms with Crippen LogP contribution in [0.3, 0.4) is 0 Å². The van der Waals surface area contributed by atoms with Gasteiger partial charge in [-0.05, 0) is 71.2 Å². The van der Waals surface area contributed by atoms with Crippen molar-refractivity contribution in [1.29, 1.82) is 0 Å². The molecule has 0 spiro atoms. The molecule has 1 aliphatic carbocycles. The largest absolute Gasteiger partial charge is 4.00 e. The molecule has 0 fully saturated rings. The molecular formula is C36H45Cl3O6SiTi. The molecule has 0 aliphatic heterocycles. The molecule has 47 heavy (non-hydrogen) atoms. The van der Waals surface area contributed by atoms with Crippen LogP contribution in [-0.4, -0.2) is 50.7 Å². The molecule has 3 aromatic rings. The van der Waals surface area contributed by atoms with Gasteiger partial charge in [-0.3, -0.25) is 6.08 Å². The van der Waals surface area contributed by atoms with Gasteiger partial charge in [0.2, 0.25) is 0 Å². The zero-order valence-corrected chi connectivity index (χ0v) is 34.4. The van der Waals surface area contributed by atoms with Gasteiger partial charge in [-0.15, -0.1) is 6.92 Å². The van der Waals surface area contributed by atoms with Crippen molar-refractivity contribution < 1.29 is 87.4 Å². The minimum atomic E-state index is -3.50. The van der Waals surface area contributed by atoms with E-state index in [0.717, 1.165) is 37.8 Å². The van der Waals surface area contributed by atoms with E-state index in [-0.39, 0.29) is 58.9 Å². The fourth-order valence-electron chi connectivity index (χ4n) is 6.98. The Kier molecular flexibility index (Phi) is 16.6. The molecule has 0 amide bonds. The van der Waals surface area contributed by atoms with Crippen LogP contribution in [0.1, 0.15) is 44.4 Å². The first-order valence-electron chi connectivity index (χ1n) is 14.4. The molecule has 0 saturated carbocycles. The summed E-state index contributed by atoms with van der Waals surface area (Å²) in [5.41, 5.74) is 6.69. The number of methoxy groups -OCH3 is 6. The Bertz CT molecular complexity index is 1490. The van der Waals surface area contributed by atoms with Crippen molar-refractivity contribution >= 4 is 23.6 Å². The number of allylic oxidation sites excluding steroid dienone is 4. The Morgan fingerprint density at radius 1 is 0.511 bits per heavy atom. The average Bonchev–Trinajstić information content (AvgIpc) is 3.18. The first kappa shape index (κ1) is 44.7. The summed E-state index contributed by atoms with van der Waals surface area (Å²) in [4.78, 5) is 0. The summed E-state index contributed by atoms with van der Waals surface area (Å²) in [7, 11) is 6.65. The molecule has 0 bridgehead atoms. The molecule has 0 radical (unpaired) electrons. The second-order valence-corrected chi connectivity index (χ2v) is 15.6. The smallest absolute Gasteiger partial charge is 1.00 e. The molecular weight excluding hydrogens is 711 g/mol. The third kappa shape index (κ3) is 7.08. The summed E-state index contributed by atoms with van der Waals surface area (Å²) in [5, 5.41) is 2.41. The van der Waals surface area contributed by atoms with E-state index in [1.165, 1.54) is 11.1 Å². The molecule has 1 aliphatic rings. The predicted molar refractivity (Wildman–Crippen MR) is 177 cm³/mol. The summed E-state index contributed by atoms with van der Waals surface area (Å²) < 4.78 is 36.9. The van der Waals surface area contributed by atoms with Crippen molar-refractivity contribution in [2.45, 2.75) is 53.5 Å². The maximum absolute atomic E-state index is 6.30. The van der Waals surface area contributed by atoms with Crippen LogP contribution in [0.4, 0.5) is 0 Å². The second-order valence-electron chi connectivity index (χ2n) is 11.5. The molecule has 0 aromatic heterocycles. The third-order valence-corrected chi connectivity index (χ3v) is 14.7. The SMILES string of the molecule is COc1cc(C)cc([Si](c2cc(C)cc(OC)c2OC)(c2cc(C)cc(OC)c2OC)C2(C)[C-]=C(C)C(C)=C2C)c1OC.[Cl-].[Cl-].[Cl-].[Ti+4]. The van der Waals surface area contributed by atoms with Crippen LogP contribution in [0, 0.1) is 26.8 Å². The van der Waals surface area contributed by atoms with E-state index >= 15 is 0 Å². The summed E-state index contributed by atoms with van der Waals surface area (Å²) in [6.45, 7) is 15.1. The predicted octanol–water partition coefficient (Wildman–Crippen LogP) is -3.00. The Hall–Kier alpha value is -2.26. The monoisotopic (exact) mass is 754 g/mol. The van der Waals surface area contributed by atoms with Crippen LogP contribution in [0.25, 0.3) is 0 Å². The van der Waals surface area contributed by atoms with E-state index < -0.39 is 13.1 Å². The van der Waals surface area contributed by atoms with Crippen LogP contribution in [0.2, 0.25) is 5.04 Å². The van der Waals surface area contributed by atoms with E-state index in [1.807, 2.05) is 18.2 Å². The minimum absolute atomic E-state index is 0. The van der Waals surface area contributed by atoms with E-state index in [0.29, 0.717) is 34.5 Å². The Labute approximate surface area is 315 Å². The summed E-state index contributed by atoms with van der Waals surface area (Å²) in [5.74, 6) is 3.99. The first-order valence-corrected chi connectivity index (χ1v) is 16.4. The quantitative estimate of drug-likeness (QED) is 0.125. The number of ether oxygens (including phenoxy) is 6. The molecule has 3 aromatic carbocycles. The number of benzene rings is 3. The number of aryl methyl sites for hydroxylation is 3. The van der Waals surface area contributed by atoms with Gasteiger partial charge >= 0.3 is 21.7 Å². The number of rotatable bonds is 10. The Balaban J connectivity index is 0.00000529. The van der Waals surface area contributed by atoms with E-state index in [1.54, 1.807) is 42.7 Å². The second kappa shape index (κ2) is 17.4. The molecule has 4 rings (SSSR count). The van der Waals surface area contributed by atoms with Crippen LogP contribution < -0.4 is 81.2 Å². The zero-order valence-electron chi connectivity index (χ0n) is 29.5. The van der Waals surface area contributed by atoms with Gasteiger partial charge in [0.25, 0.3) is 0 Å². The standard InChI is InChI=1S/C36H45O6Si.3ClH.Ti/c1-21-14-27(37-8)33(40-11)30(17-21)43(36(7)20-24(4)25(5)26(36)6,31-18-22(2)15-28(38-9)34(31)41-12)32-19-23(3)16-29(39-10)35(32)42-13;;;;/h14-19H,1-13H3;3*1H;/q-1;;;;+4/p-3. The van der Waals surface area contributed by atoms with E-state index in [4.69, 9.17) is 28.4 Å². The van der Waals surface area contributed by atoms with Crippen LogP contribution in [-0.2, 0) is 21.7 Å².